The van der Waals surface area contributed by atoms with Gasteiger partial charge in [-0.3, -0.25) is 0 Å². The van der Waals surface area contributed by atoms with Crippen molar-refractivity contribution in [2.45, 2.75) is 19.3 Å². The van der Waals surface area contributed by atoms with Gasteiger partial charge in [-0.1, -0.05) is 11.6 Å². The van der Waals surface area contributed by atoms with Crippen molar-refractivity contribution in [1.82, 2.24) is 4.98 Å². The van der Waals surface area contributed by atoms with E-state index in [1.165, 1.54) is 7.11 Å². The van der Waals surface area contributed by atoms with E-state index in [4.69, 9.17) is 21.1 Å². The molecular formula is C17H17ClF2N2O2. The van der Waals surface area contributed by atoms with Crippen LogP contribution in [0.4, 0.5) is 14.6 Å². The van der Waals surface area contributed by atoms with Crippen LogP contribution in [0, 0.1) is 11.8 Å². The summed E-state index contributed by atoms with van der Waals surface area (Å²) in [5, 5.41) is -0.468. The summed E-state index contributed by atoms with van der Waals surface area (Å²) < 4.78 is 39.4. The zero-order valence-corrected chi connectivity index (χ0v) is 13.9. The minimum Gasteiger partial charge on any atom is -0.497 e. The summed E-state index contributed by atoms with van der Waals surface area (Å²) in [6, 6.07) is 6.50. The van der Waals surface area contributed by atoms with Crippen LogP contribution in [0.1, 0.15) is 19.3 Å². The standard InChI is InChI=1S/C17H17ClF2N2O2/c1-23-11-5-7-12(8-6-11)24-15-13(18)16(20)21-17(14(15)19)22-9-3-2-4-10-22/h5-8H,2-4,9-10H2,1H3. The van der Waals surface area contributed by atoms with Crippen molar-refractivity contribution >= 4 is 17.4 Å². The first-order valence-corrected chi connectivity index (χ1v) is 8.09. The molecule has 0 spiro atoms. The molecule has 0 saturated carbocycles. The zero-order valence-electron chi connectivity index (χ0n) is 13.2. The van der Waals surface area contributed by atoms with Gasteiger partial charge < -0.3 is 14.4 Å². The number of methoxy groups -OCH3 is 1. The number of aromatic nitrogens is 1. The third kappa shape index (κ3) is 3.38. The maximum Gasteiger partial charge on any atom is 0.237 e. The highest BCUT2D eigenvalue weighted by molar-refractivity contribution is 6.32. The molecule has 0 amide bonds. The summed E-state index contributed by atoms with van der Waals surface area (Å²) in [5.41, 5.74) is 0. The van der Waals surface area contributed by atoms with Crippen LogP contribution < -0.4 is 14.4 Å². The number of hydrogen-bond acceptors (Lipinski definition) is 4. The Bertz CT molecular complexity index is 720. The van der Waals surface area contributed by atoms with Crippen LogP contribution in [-0.4, -0.2) is 25.2 Å². The van der Waals surface area contributed by atoms with E-state index in [1.807, 2.05) is 0 Å². The summed E-state index contributed by atoms with van der Waals surface area (Å²) in [6.07, 6.45) is 2.91. The first-order chi connectivity index (χ1) is 11.6. The lowest BCUT2D eigenvalue weighted by atomic mass is 10.1. The Morgan fingerprint density at radius 2 is 1.67 bits per heavy atom. The highest BCUT2D eigenvalue weighted by Gasteiger charge is 2.25. The fraction of sp³-hybridized carbons (Fsp3) is 0.353. The molecule has 24 heavy (non-hydrogen) atoms. The van der Waals surface area contributed by atoms with Crippen molar-refractivity contribution in [1.29, 1.82) is 0 Å². The average molecular weight is 355 g/mol. The van der Waals surface area contributed by atoms with Gasteiger partial charge in [-0.15, -0.1) is 0 Å². The maximum atomic E-state index is 14.8. The third-order valence-electron chi connectivity index (χ3n) is 3.92. The molecule has 1 saturated heterocycles. The summed E-state index contributed by atoms with van der Waals surface area (Å²) in [7, 11) is 1.54. The molecule has 0 N–H and O–H groups in total. The van der Waals surface area contributed by atoms with E-state index in [0.717, 1.165) is 19.3 Å². The van der Waals surface area contributed by atoms with Crippen LogP contribution >= 0.6 is 11.6 Å². The van der Waals surface area contributed by atoms with Crippen LogP contribution in [0.5, 0.6) is 17.2 Å². The molecule has 0 atom stereocenters. The molecule has 3 rings (SSSR count). The number of piperidine rings is 1. The molecular weight excluding hydrogens is 338 g/mol. The third-order valence-corrected chi connectivity index (χ3v) is 4.24. The Morgan fingerprint density at radius 3 is 2.29 bits per heavy atom. The number of nitrogens with zero attached hydrogens (tertiary/aromatic N) is 2. The average Bonchev–Trinajstić information content (AvgIpc) is 2.63. The number of anilines is 1. The maximum absolute atomic E-state index is 14.8. The van der Waals surface area contributed by atoms with Gasteiger partial charge in [0.25, 0.3) is 0 Å². The minimum atomic E-state index is -0.942. The largest absolute Gasteiger partial charge is 0.497 e. The topological polar surface area (TPSA) is 34.6 Å². The van der Waals surface area contributed by atoms with Crippen LogP contribution in [0.25, 0.3) is 0 Å². The van der Waals surface area contributed by atoms with E-state index >= 15 is 0 Å². The van der Waals surface area contributed by atoms with Gasteiger partial charge in [0.2, 0.25) is 11.8 Å². The monoisotopic (exact) mass is 354 g/mol. The summed E-state index contributed by atoms with van der Waals surface area (Å²) in [5.74, 6) is -1.15. The highest BCUT2D eigenvalue weighted by atomic mass is 35.5. The van der Waals surface area contributed by atoms with Gasteiger partial charge in [-0.25, -0.2) is 0 Å². The van der Waals surface area contributed by atoms with Gasteiger partial charge in [-0.05, 0) is 43.5 Å². The molecule has 0 bridgehead atoms. The molecule has 2 aromatic rings. The molecule has 1 aromatic carbocycles. The van der Waals surface area contributed by atoms with E-state index in [2.05, 4.69) is 4.98 Å². The summed E-state index contributed by atoms with van der Waals surface area (Å²) >= 11 is 5.87. The Labute approximate surface area is 144 Å². The molecule has 128 valence electrons. The van der Waals surface area contributed by atoms with Gasteiger partial charge in [0.15, 0.2) is 11.6 Å². The summed E-state index contributed by atoms with van der Waals surface area (Å²) in [4.78, 5) is 5.40. The fourth-order valence-electron chi connectivity index (χ4n) is 2.65. The molecule has 2 heterocycles. The van der Waals surface area contributed by atoms with E-state index < -0.39 is 16.8 Å². The van der Waals surface area contributed by atoms with Crippen molar-refractivity contribution in [3.63, 3.8) is 0 Å². The molecule has 0 aliphatic carbocycles. The van der Waals surface area contributed by atoms with Crippen LogP contribution in [0.2, 0.25) is 5.02 Å². The minimum absolute atomic E-state index is 0.0555. The van der Waals surface area contributed by atoms with Crippen LogP contribution in [-0.2, 0) is 0 Å². The number of hydrogen-bond donors (Lipinski definition) is 0. The number of halogens is 3. The molecule has 4 nitrogen and oxygen atoms in total. The smallest absolute Gasteiger partial charge is 0.237 e. The van der Waals surface area contributed by atoms with Gasteiger partial charge in [0.1, 0.15) is 16.5 Å². The lowest BCUT2D eigenvalue weighted by molar-refractivity contribution is 0.409. The molecule has 1 aromatic heterocycles. The molecule has 0 radical (unpaired) electrons. The van der Waals surface area contributed by atoms with Crippen LogP contribution in [0.15, 0.2) is 24.3 Å². The molecule has 1 aliphatic rings. The first-order valence-electron chi connectivity index (χ1n) is 7.71. The number of pyridine rings is 1. The van der Waals surface area contributed by atoms with Crippen molar-refractivity contribution in [3.05, 3.63) is 41.1 Å². The molecule has 1 fully saturated rings. The predicted octanol–water partition coefficient (Wildman–Crippen LogP) is 4.80. The van der Waals surface area contributed by atoms with Crippen molar-refractivity contribution < 1.29 is 18.3 Å². The van der Waals surface area contributed by atoms with E-state index in [9.17, 15) is 8.78 Å². The van der Waals surface area contributed by atoms with E-state index in [0.29, 0.717) is 24.6 Å². The normalized spacial score (nSPS) is 14.6. The van der Waals surface area contributed by atoms with Crippen molar-refractivity contribution in [2.75, 3.05) is 25.1 Å². The Kier molecular flexibility index (Phi) is 5.04. The number of rotatable bonds is 4. The first kappa shape index (κ1) is 16.8. The second-order valence-corrected chi connectivity index (χ2v) is 5.89. The van der Waals surface area contributed by atoms with Gasteiger partial charge in [0, 0.05) is 13.1 Å². The number of benzene rings is 1. The lowest BCUT2D eigenvalue weighted by Gasteiger charge is -2.28. The van der Waals surface area contributed by atoms with Crippen molar-refractivity contribution in [2.24, 2.45) is 0 Å². The summed E-state index contributed by atoms with van der Waals surface area (Å²) in [6.45, 7) is 1.26. The second kappa shape index (κ2) is 7.21. The Hall–Kier alpha value is -2.08. The van der Waals surface area contributed by atoms with Gasteiger partial charge >= 0.3 is 0 Å². The van der Waals surface area contributed by atoms with Gasteiger partial charge in [0.05, 0.1) is 7.11 Å². The predicted molar refractivity (Wildman–Crippen MR) is 88.3 cm³/mol. The van der Waals surface area contributed by atoms with Gasteiger partial charge in [-0.2, -0.15) is 13.8 Å². The van der Waals surface area contributed by atoms with E-state index in [-0.39, 0.29) is 11.6 Å². The fourth-order valence-corrected chi connectivity index (χ4v) is 2.81. The van der Waals surface area contributed by atoms with Crippen LogP contribution in [0.3, 0.4) is 0 Å². The second-order valence-electron chi connectivity index (χ2n) is 5.51. The van der Waals surface area contributed by atoms with Crippen molar-refractivity contribution in [3.8, 4) is 17.2 Å². The Balaban J connectivity index is 1.94. The molecule has 7 heteroatoms. The van der Waals surface area contributed by atoms with E-state index in [1.54, 1.807) is 29.2 Å². The highest BCUT2D eigenvalue weighted by Crippen LogP contribution is 2.38. The lowest BCUT2D eigenvalue weighted by Crippen LogP contribution is -2.31. The zero-order chi connectivity index (χ0) is 17.1. The Morgan fingerprint density at radius 1 is 1.04 bits per heavy atom. The molecule has 0 unspecified atom stereocenters. The SMILES string of the molecule is COc1ccc(Oc2c(F)c(N3CCCCC3)nc(F)c2Cl)cc1. The number of ether oxygens (including phenoxy) is 2. The quantitative estimate of drug-likeness (QED) is 0.738. The molecule has 1 aliphatic heterocycles.